The lowest BCUT2D eigenvalue weighted by Crippen LogP contribution is -2.29. The third-order valence-electron chi connectivity index (χ3n) is 2.01. The molecule has 0 aliphatic heterocycles. The van der Waals surface area contributed by atoms with Crippen LogP contribution in [0.4, 0.5) is 0 Å². The van der Waals surface area contributed by atoms with Crippen LogP contribution in [0.2, 0.25) is 0 Å². The summed E-state index contributed by atoms with van der Waals surface area (Å²) in [6.07, 6.45) is 7.38. The van der Waals surface area contributed by atoms with Crippen molar-refractivity contribution in [2.75, 3.05) is 13.2 Å². The highest BCUT2D eigenvalue weighted by Gasteiger charge is 2.17. The molecule has 0 unspecified atom stereocenters. The summed E-state index contributed by atoms with van der Waals surface area (Å²) in [5, 5.41) is 0. The van der Waals surface area contributed by atoms with Crippen molar-refractivity contribution in [1.29, 1.82) is 0 Å². The first-order valence-corrected chi connectivity index (χ1v) is 6.45. The molecule has 21 heavy (non-hydrogen) atoms. The summed E-state index contributed by atoms with van der Waals surface area (Å²) in [5.41, 5.74) is 0. The molecule has 0 aromatic heterocycles. The van der Waals surface area contributed by atoms with Gasteiger partial charge < -0.3 is 14.2 Å². The van der Waals surface area contributed by atoms with Crippen molar-refractivity contribution in [3.63, 3.8) is 0 Å². The minimum Gasteiger partial charge on any atom is -0.458 e. The number of carbonyl (C=O) groups excluding carboxylic acids is 3. The Hall–Kier alpha value is -2.37. The predicted molar refractivity (Wildman–Crippen MR) is 76.2 cm³/mol. The number of ether oxygens (including phenoxy) is 3. The van der Waals surface area contributed by atoms with Crippen molar-refractivity contribution >= 4 is 17.9 Å². The predicted octanol–water partition coefficient (Wildman–Crippen LogP) is 1.71. The second-order valence-electron chi connectivity index (χ2n) is 3.82. The molecule has 0 fully saturated rings. The van der Waals surface area contributed by atoms with E-state index in [2.05, 4.69) is 0 Å². The third-order valence-corrected chi connectivity index (χ3v) is 2.01. The first-order chi connectivity index (χ1) is 10.0. The molecule has 0 aromatic carbocycles. The maximum Gasteiger partial charge on any atom is 0.330 e. The molecule has 6 heteroatoms. The van der Waals surface area contributed by atoms with Gasteiger partial charge in [-0.05, 0) is 20.8 Å². The normalized spacial score (nSPS) is 12.7. The number of hydrogen-bond donors (Lipinski definition) is 0. The molecular weight excluding hydrogens is 276 g/mol. The third kappa shape index (κ3) is 10.1. The maximum absolute atomic E-state index is 11.4. The molecule has 6 nitrogen and oxygen atoms in total. The maximum atomic E-state index is 11.4. The van der Waals surface area contributed by atoms with E-state index < -0.39 is 24.0 Å². The van der Waals surface area contributed by atoms with Crippen molar-refractivity contribution in [3.05, 3.63) is 36.5 Å². The highest BCUT2D eigenvalue weighted by molar-refractivity contribution is 5.83. The SMILES string of the molecule is CC=CC(=O)OCC(COC(=O)C=CC)OC(=O)C=CC. The van der Waals surface area contributed by atoms with Crippen LogP contribution in [0.25, 0.3) is 0 Å². The monoisotopic (exact) mass is 296 g/mol. The zero-order valence-electron chi connectivity index (χ0n) is 12.4. The van der Waals surface area contributed by atoms with E-state index in [1.165, 1.54) is 36.5 Å². The average molecular weight is 296 g/mol. The van der Waals surface area contributed by atoms with E-state index in [-0.39, 0.29) is 13.2 Å². The first kappa shape index (κ1) is 18.6. The van der Waals surface area contributed by atoms with Gasteiger partial charge in [-0.25, -0.2) is 14.4 Å². The number of hydrogen-bond acceptors (Lipinski definition) is 6. The second-order valence-corrected chi connectivity index (χ2v) is 3.82. The van der Waals surface area contributed by atoms with Gasteiger partial charge in [-0.1, -0.05) is 18.2 Å². The van der Waals surface area contributed by atoms with Gasteiger partial charge in [0.1, 0.15) is 13.2 Å². The van der Waals surface area contributed by atoms with Crippen LogP contribution in [0, 0.1) is 0 Å². The minimum absolute atomic E-state index is 0.199. The topological polar surface area (TPSA) is 78.9 Å². The van der Waals surface area contributed by atoms with Gasteiger partial charge in [0.25, 0.3) is 0 Å². The fraction of sp³-hybridized carbons (Fsp3) is 0.400. The molecule has 0 aliphatic rings. The van der Waals surface area contributed by atoms with Crippen LogP contribution in [0.1, 0.15) is 20.8 Å². The van der Waals surface area contributed by atoms with Crippen LogP contribution < -0.4 is 0 Å². The molecule has 0 amide bonds. The largest absolute Gasteiger partial charge is 0.458 e. The highest BCUT2D eigenvalue weighted by Crippen LogP contribution is 1.99. The van der Waals surface area contributed by atoms with E-state index in [0.717, 1.165) is 0 Å². The van der Waals surface area contributed by atoms with Crippen molar-refractivity contribution in [1.82, 2.24) is 0 Å². The fourth-order valence-electron chi connectivity index (χ4n) is 1.17. The fourth-order valence-corrected chi connectivity index (χ4v) is 1.17. The van der Waals surface area contributed by atoms with Crippen LogP contribution in [0.5, 0.6) is 0 Å². The van der Waals surface area contributed by atoms with E-state index >= 15 is 0 Å². The lowest BCUT2D eigenvalue weighted by molar-refractivity contribution is -0.160. The van der Waals surface area contributed by atoms with Crippen molar-refractivity contribution < 1.29 is 28.6 Å². The molecule has 0 rings (SSSR count). The summed E-state index contributed by atoms with van der Waals surface area (Å²) in [6.45, 7) is 4.60. The highest BCUT2D eigenvalue weighted by atomic mass is 16.6. The van der Waals surface area contributed by atoms with Crippen LogP contribution in [-0.4, -0.2) is 37.2 Å². The van der Waals surface area contributed by atoms with Gasteiger partial charge in [0, 0.05) is 18.2 Å². The average Bonchev–Trinajstić information content (AvgIpc) is 2.42. The Bertz CT molecular complexity index is 405. The summed E-state index contributed by atoms with van der Waals surface area (Å²) < 4.78 is 14.8. The Labute approximate surface area is 124 Å². The number of esters is 3. The van der Waals surface area contributed by atoms with Gasteiger partial charge in [0.15, 0.2) is 6.10 Å². The lowest BCUT2D eigenvalue weighted by atomic mass is 10.4. The molecule has 0 radical (unpaired) electrons. The Kier molecular flexibility index (Phi) is 10.2. The standard InChI is InChI=1S/C15H20O6/c1-4-7-13(16)19-10-12(21-15(18)9-6-3)11-20-14(17)8-5-2/h4-9,12H,10-11H2,1-3H3. The summed E-state index contributed by atoms with van der Waals surface area (Å²) >= 11 is 0. The van der Waals surface area contributed by atoms with E-state index in [1.54, 1.807) is 20.8 Å². The van der Waals surface area contributed by atoms with Crippen molar-refractivity contribution in [2.45, 2.75) is 26.9 Å². The number of allylic oxidation sites excluding steroid dienone is 3. The Morgan fingerprint density at radius 1 is 0.762 bits per heavy atom. The molecule has 0 N–H and O–H groups in total. The van der Waals surface area contributed by atoms with Gasteiger partial charge in [0.2, 0.25) is 0 Å². The van der Waals surface area contributed by atoms with E-state index in [0.29, 0.717) is 0 Å². The summed E-state index contributed by atoms with van der Waals surface area (Å²) in [6, 6.07) is 0. The second kappa shape index (κ2) is 11.5. The molecule has 0 aromatic rings. The summed E-state index contributed by atoms with van der Waals surface area (Å²) in [7, 11) is 0. The molecule has 0 heterocycles. The minimum atomic E-state index is -0.864. The van der Waals surface area contributed by atoms with Crippen molar-refractivity contribution in [3.8, 4) is 0 Å². The molecule has 0 saturated heterocycles. The molecule has 0 aliphatic carbocycles. The Morgan fingerprint density at radius 3 is 1.52 bits per heavy atom. The van der Waals surface area contributed by atoms with Crippen LogP contribution >= 0.6 is 0 Å². The Balaban J connectivity index is 4.49. The van der Waals surface area contributed by atoms with Gasteiger partial charge in [-0.3, -0.25) is 0 Å². The van der Waals surface area contributed by atoms with E-state index in [1.807, 2.05) is 0 Å². The van der Waals surface area contributed by atoms with E-state index in [9.17, 15) is 14.4 Å². The van der Waals surface area contributed by atoms with Crippen LogP contribution in [0.3, 0.4) is 0 Å². The molecule has 116 valence electrons. The molecular formula is C15H20O6. The summed E-state index contributed by atoms with van der Waals surface area (Å²) in [4.78, 5) is 33.8. The van der Waals surface area contributed by atoms with Gasteiger partial charge in [0.05, 0.1) is 0 Å². The molecule has 0 saturated carbocycles. The van der Waals surface area contributed by atoms with Gasteiger partial charge in [-0.2, -0.15) is 0 Å². The summed E-state index contributed by atoms with van der Waals surface area (Å²) in [5.74, 6) is -1.74. The zero-order valence-corrected chi connectivity index (χ0v) is 12.4. The molecule has 0 bridgehead atoms. The van der Waals surface area contributed by atoms with E-state index in [4.69, 9.17) is 14.2 Å². The number of carbonyl (C=O) groups is 3. The Morgan fingerprint density at radius 2 is 1.14 bits per heavy atom. The van der Waals surface area contributed by atoms with Crippen LogP contribution in [-0.2, 0) is 28.6 Å². The van der Waals surface area contributed by atoms with Gasteiger partial charge in [-0.15, -0.1) is 0 Å². The van der Waals surface area contributed by atoms with Crippen molar-refractivity contribution in [2.24, 2.45) is 0 Å². The number of rotatable bonds is 8. The quantitative estimate of drug-likeness (QED) is 0.385. The smallest absolute Gasteiger partial charge is 0.330 e. The first-order valence-electron chi connectivity index (χ1n) is 6.45. The van der Waals surface area contributed by atoms with Crippen LogP contribution in [0.15, 0.2) is 36.5 Å². The zero-order chi connectivity index (χ0) is 16.1. The van der Waals surface area contributed by atoms with Gasteiger partial charge >= 0.3 is 17.9 Å². The molecule has 0 atom stereocenters. The molecule has 0 spiro atoms. The lowest BCUT2D eigenvalue weighted by Gasteiger charge is -2.16.